The molecule has 4 heteroatoms. The van der Waals surface area contributed by atoms with Crippen LogP contribution in [0.15, 0.2) is 60.7 Å². The van der Waals surface area contributed by atoms with Gasteiger partial charge in [-0.25, -0.2) is 0 Å². The first-order valence-corrected chi connectivity index (χ1v) is 9.76. The molecular formula is C23H31NO3. The monoisotopic (exact) mass is 369 g/mol. The summed E-state index contributed by atoms with van der Waals surface area (Å²) in [6.45, 7) is 1.85. The average molecular weight is 370 g/mol. The van der Waals surface area contributed by atoms with Crippen molar-refractivity contribution in [3.8, 4) is 0 Å². The van der Waals surface area contributed by atoms with Gasteiger partial charge in [-0.3, -0.25) is 4.90 Å². The summed E-state index contributed by atoms with van der Waals surface area (Å²) in [7, 11) is 3.50. The first-order valence-electron chi connectivity index (χ1n) is 9.76. The number of β-amino-alcohol motifs (C(OH)–C–C–N with tert-alkyl or cyclic N) is 1. The molecule has 1 saturated heterocycles. The van der Waals surface area contributed by atoms with E-state index in [0.29, 0.717) is 19.8 Å². The maximum atomic E-state index is 12.0. The molecule has 3 rings (SSSR count). The highest BCUT2D eigenvalue weighted by atomic mass is 16.5. The molecule has 1 aliphatic heterocycles. The number of benzene rings is 2. The van der Waals surface area contributed by atoms with Crippen LogP contribution in [-0.4, -0.2) is 56.1 Å². The van der Waals surface area contributed by atoms with Gasteiger partial charge in [0.25, 0.3) is 0 Å². The lowest BCUT2D eigenvalue weighted by atomic mass is 9.83. The van der Waals surface area contributed by atoms with Crippen molar-refractivity contribution in [2.24, 2.45) is 0 Å². The highest BCUT2D eigenvalue weighted by Crippen LogP contribution is 2.34. The van der Waals surface area contributed by atoms with Gasteiger partial charge >= 0.3 is 0 Å². The zero-order chi connectivity index (χ0) is 19.1. The number of ether oxygens (including phenoxy) is 2. The standard InChI is InChI=1S/C23H31NO3/c1-26-16-21-14-9-15-22(17-27-2)24(21)18-23(25,19-10-5-3-6-11-19)20-12-7-4-8-13-20/h3-8,10-13,21-22,25H,9,14-18H2,1-2H3/t21-,22-/m1/s1. The molecule has 1 N–H and O–H groups in total. The molecule has 146 valence electrons. The van der Waals surface area contributed by atoms with E-state index in [1.165, 1.54) is 0 Å². The van der Waals surface area contributed by atoms with Crippen LogP contribution in [-0.2, 0) is 15.1 Å². The van der Waals surface area contributed by atoms with Crippen LogP contribution in [0.3, 0.4) is 0 Å². The SMILES string of the molecule is COC[C@H]1CCC[C@H](COC)N1CC(O)(c1ccccc1)c1ccccc1. The van der Waals surface area contributed by atoms with Gasteiger partial charge in [0.2, 0.25) is 0 Å². The molecule has 2 aromatic rings. The van der Waals surface area contributed by atoms with Gasteiger partial charge in [-0.1, -0.05) is 67.1 Å². The van der Waals surface area contributed by atoms with E-state index in [1.807, 2.05) is 60.7 Å². The summed E-state index contributed by atoms with van der Waals surface area (Å²) in [4.78, 5) is 2.40. The summed E-state index contributed by atoms with van der Waals surface area (Å²) in [5, 5.41) is 12.0. The number of aliphatic hydroxyl groups is 1. The minimum absolute atomic E-state index is 0.280. The van der Waals surface area contributed by atoms with Crippen molar-refractivity contribution in [3.05, 3.63) is 71.8 Å². The third-order valence-electron chi connectivity index (χ3n) is 5.64. The first-order chi connectivity index (χ1) is 13.2. The average Bonchev–Trinajstić information content (AvgIpc) is 2.72. The highest BCUT2D eigenvalue weighted by Gasteiger charge is 2.39. The first kappa shape index (κ1) is 20.0. The van der Waals surface area contributed by atoms with Crippen LogP contribution >= 0.6 is 0 Å². The topological polar surface area (TPSA) is 41.9 Å². The van der Waals surface area contributed by atoms with Gasteiger partial charge < -0.3 is 14.6 Å². The van der Waals surface area contributed by atoms with Crippen molar-refractivity contribution in [2.45, 2.75) is 36.9 Å². The summed E-state index contributed by atoms with van der Waals surface area (Å²) in [5.41, 5.74) is 0.737. The lowest BCUT2D eigenvalue weighted by molar-refractivity contribution is -0.0514. The van der Waals surface area contributed by atoms with E-state index in [0.717, 1.165) is 30.4 Å². The number of hydrogen-bond acceptors (Lipinski definition) is 4. The van der Waals surface area contributed by atoms with Crippen LogP contribution in [0.1, 0.15) is 30.4 Å². The molecule has 1 aliphatic rings. The number of nitrogens with zero attached hydrogens (tertiary/aromatic N) is 1. The molecule has 4 nitrogen and oxygen atoms in total. The third kappa shape index (κ3) is 4.58. The molecule has 2 atom stereocenters. The van der Waals surface area contributed by atoms with Crippen LogP contribution < -0.4 is 0 Å². The molecule has 2 aromatic carbocycles. The van der Waals surface area contributed by atoms with E-state index in [9.17, 15) is 5.11 Å². The Bertz CT molecular complexity index is 619. The normalized spacial score (nSPS) is 21.3. The highest BCUT2D eigenvalue weighted by molar-refractivity contribution is 5.36. The Morgan fingerprint density at radius 2 is 1.30 bits per heavy atom. The van der Waals surface area contributed by atoms with E-state index in [2.05, 4.69) is 4.90 Å². The summed E-state index contributed by atoms with van der Waals surface area (Å²) >= 11 is 0. The maximum Gasteiger partial charge on any atom is 0.127 e. The molecule has 1 heterocycles. The van der Waals surface area contributed by atoms with Gasteiger partial charge in [0.1, 0.15) is 5.60 Å². The van der Waals surface area contributed by atoms with Crippen molar-refractivity contribution in [3.63, 3.8) is 0 Å². The second kappa shape index (κ2) is 9.47. The number of likely N-dealkylation sites (tertiary alicyclic amines) is 1. The van der Waals surface area contributed by atoms with Crippen LogP contribution in [0.2, 0.25) is 0 Å². The quantitative estimate of drug-likeness (QED) is 0.774. The van der Waals surface area contributed by atoms with Crippen molar-refractivity contribution in [2.75, 3.05) is 34.0 Å². The second-order valence-corrected chi connectivity index (χ2v) is 7.41. The fraction of sp³-hybridized carbons (Fsp3) is 0.478. The maximum absolute atomic E-state index is 12.0. The molecule has 0 saturated carbocycles. The Morgan fingerprint density at radius 3 is 1.70 bits per heavy atom. The fourth-order valence-electron chi connectivity index (χ4n) is 4.26. The van der Waals surface area contributed by atoms with Crippen LogP contribution in [0.5, 0.6) is 0 Å². The summed E-state index contributed by atoms with van der Waals surface area (Å²) in [6, 6.07) is 20.5. The summed E-state index contributed by atoms with van der Waals surface area (Å²) in [5.74, 6) is 0. The van der Waals surface area contributed by atoms with Gasteiger partial charge in [0.05, 0.1) is 13.2 Å². The Kier molecular flexibility index (Phi) is 7.02. The Labute approximate surface area is 162 Å². The van der Waals surface area contributed by atoms with E-state index in [1.54, 1.807) is 14.2 Å². The van der Waals surface area contributed by atoms with Gasteiger partial charge in [0, 0.05) is 32.8 Å². The third-order valence-corrected chi connectivity index (χ3v) is 5.64. The lowest BCUT2D eigenvalue weighted by Crippen LogP contribution is -2.55. The zero-order valence-electron chi connectivity index (χ0n) is 16.4. The number of methoxy groups -OCH3 is 2. The number of rotatable bonds is 8. The predicted octanol–water partition coefficient (Wildman–Crippen LogP) is 3.44. The minimum atomic E-state index is -1.09. The Hall–Kier alpha value is -1.72. The van der Waals surface area contributed by atoms with Crippen molar-refractivity contribution < 1.29 is 14.6 Å². The van der Waals surface area contributed by atoms with Gasteiger partial charge in [0.15, 0.2) is 0 Å². The van der Waals surface area contributed by atoms with E-state index in [-0.39, 0.29) is 12.1 Å². The predicted molar refractivity (Wildman–Crippen MR) is 108 cm³/mol. The van der Waals surface area contributed by atoms with Crippen molar-refractivity contribution in [1.82, 2.24) is 4.90 Å². The molecule has 0 spiro atoms. The molecule has 0 aromatic heterocycles. The van der Waals surface area contributed by atoms with Gasteiger partial charge in [-0.2, -0.15) is 0 Å². The lowest BCUT2D eigenvalue weighted by Gasteiger charge is -2.46. The molecule has 27 heavy (non-hydrogen) atoms. The van der Waals surface area contributed by atoms with Crippen molar-refractivity contribution in [1.29, 1.82) is 0 Å². The van der Waals surface area contributed by atoms with E-state index >= 15 is 0 Å². The smallest absolute Gasteiger partial charge is 0.127 e. The van der Waals surface area contributed by atoms with E-state index < -0.39 is 5.60 Å². The second-order valence-electron chi connectivity index (χ2n) is 7.41. The molecule has 0 amide bonds. The molecular weight excluding hydrogens is 338 g/mol. The molecule has 0 bridgehead atoms. The molecule has 0 aliphatic carbocycles. The van der Waals surface area contributed by atoms with Crippen molar-refractivity contribution >= 4 is 0 Å². The summed E-state index contributed by atoms with van der Waals surface area (Å²) < 4.78 is 11.0. The van der Waals surface area contributed by atoms with Crippen LogP contribution in [0.25, 0.3) is 0 Å². The molecule has 1 fully saturated rings. The Morgan fingerprint density at radius 1 is 0.852 bits per heavy atom. The Balaban J connectivity index is 1.98. The van der Waals surface area contributed by atoms with E-state index in [4.69, 9.17) is 9.47 Å². The van der Waals surface area contributed by atoms with Gasteiger partial charge in [-0.15, -0.1) is 0 Å². The van der Waals surface area contributed by atoms with Crippen LogP contribution in [0, 0.1) is 0 Å². The van der Waals surface area contributed by atoms with Gasteiger partial charge in [-0.05, 0) is 24.0 Å². The fourth-order valence-corrected chi connectivity index (χ4v) is 4.26. The zero-order valence-corrected chi connectivity index (χ0v) is 16.4. The molecule has 0 unspecified atom stereocenters. The minimum Gasteiger partial charge on any atom is -0.383 e. The molecule has 0 radical (unpaired) electrons. The summed E-state index contributed by atoms with van der Waals surface area (Å²) in [6.07, 6.45) is 3.31. The number of hydrogen-bond donors (Lipinski definition) is 1. The van der Waals surface area contributed by atoms with Crippen LogP contribution in [0.4, 0.5) is 0 Å². The number of piperidine rings is 1. The largest absolute Gasteiger partial charge is 0.383 e.